The summed E-state index contributed by atoms with van der Waals surface area (Å²) in [5, 5.41) is 2.70. The molecule has 0 saturated carbocycles. The Hall–Kier alpha value is -3.55. The molecule has 0 unspecified atom stereocenters. The van der Waals surface area contributed by atoms with Gasteiger partial charge < -0.3 is 19.2 Å². The van der Waals surface area contributed by atoms with Gasteiger partial charge >= 0.3 is 11.7 Å². The van der Waals surface area contributed by atoms with E-state index in [4.69, 9.17) is 13.9 Å². The second-order valence-corrected chi connectivity index (χ2v) is 6.12. The maximum atomic E-state index is 12.2. The van der Waals surface area contributed by atoms with Crippen LogP contribution in [0.5, 0.6) is 5.75 Å². The highest BCUT2D eigenvalue weighted by Crippen LogP contribution is 2.12. The summed E-state index contributed by atoms with van der Waals surface area (Å²) >= 11 is 0. The number of aromatic nitrogens is 1. The van der Waals surface area contributed by atoms with E-state index in [9.17, 15) is 14.4 Å². The summed E-state index contributed by atoms with van der Waals surface area (Å²) in [5.41, 5.74) is 1.75. The molecule has 146 valence electrons. The minimum absolute atomic E-state index is 0.288. The first-order valence-corrected chi connectivity index (χ1v) is 8.66. The number of carbonyl (C=O) groups is 2. The first-order chi connectivity index (χ1) is 13.5. The molecule has 3 rings (SSSR count). The number of methoxy groups -OCH3 is 1. The van der Waals surface area contributed by atoms with Gasteiger partial charge in [-0.3, -0.25) is 14.2 Å². The SMILES string of the molecule is COc1ccc(CNC(=O)[C@@H](C)OC(=O)Cn2c(=O)oc3ccccc32)cc1. The molecule has 8 nitrogen and oxygen atoms in total. The van der Waals surface area contributed by atoms with Crippen molar-refractivity contribution in [1.29, 1.82) is 0 Å². The number of nitrogens with one attached hydrogen (secondary N) is 1. The summed E-state index contributed by atoms with van der Waals surface area (Å²) in [6.07, 6.45) is -1.00. The summed E-state index contributed by atoms with van der Waals surface area (Å²) in [6.45, 7) is 1.42. The van der Waals surface area contributed by atoms with Gasteiger partial charge in [0.15, 0.2) is 11.7 Å². The number of nitrogens with zero attached hydrogens (tertiary/aromatic N) is 1. The van der Waals surface area contributed by atoms with Gasteiger partial charge in [-0.2, -0.15) is 0 Å². The van der Waals surface area contributed by atoms with E-state index < -0.39 is 23.7 Å². The van der Waals surface area contributed by atoms with Crippen molar-refractivity contribution in [3.8, 4) is 5.75 Å². The highest BCUT2D eigenvalue weighted by Gasteiger charge is 2.19. The molecular weight excluding hydrogens is 364 g/mol. The van der Waals surface area contributed by atoms with Crippen LogP contribution in [-0.4, -0.2) is 29.7 Å². The highest BCUT2D eigenvalue weighted by atomic mass is 16.5. The number of carbonyl (C=O) groups excluding carboxylic acids is 2. The zero-order valence-corrected chi connectivity index (χ0v) is 15.5. The Morgan fingerprint density at radius 1 is 1.14 bits per heavy atom. The van der Waals surface area contributed by atoms with Crippen LogP contribution in [0.15, 0.2) is 57.7 Å². The lowest BCUT2D eigenvalue weighted by atomic mass is 10.2. The molecule has 1 amide bonds. The van der Waals surface area contributed by atoms with Crippen molar-refractivity contribution >= 4 is 23.0 Å². The lowest BCUT2D eigenvalue weighted by Gasteiger charge is -2.14. The molecule has 3 aromatic rings. The first-order valence-electron chi connectivity index (χ1n) is 8.66. The number of esters is 1. The van der Waals surface area contributed by atoms with Crippen LogP contribution in [-0.2, 0) is 27.4 Å². The van der Waals surface area contributed by atoms with Gasteiger partial charge in [-0.1, -0.05) is 24.3 Å². The summed E-state index contributed by atoms with van der Waals surface area (Å²) < 4.78 is 16.5. The molecule has 0 aliphatic rings. The number of ether oxygens (including phenoxy) is 2. The number of benzene rings is 2. The molecule has 0 fully saturated rings. The minimum Gasteiger partial charge on any atom is -0.497 e. The van der Waals surface area contributed by atoms with Crippen LogP contribution in [0.4, 0.5) is 0 Å². The summed E-state index contributed by atoms with van der Waals surface area (Å²) in [4.78, 5) is 36.2. The van der Waals surface area contributed by atoms with Gasteiger partial charge in [-0.15, -0.1) is 0 Å². The van der Waals surface area contributed by atoms with E-state index in [0.717, 1.165) is 11.3 Å². The van der Waals surface area contributed by atoms with E-state index in [1.807, 2.05) is 12.1 Å². The predicted molar refractivity (Wildman–Crippen MR) is 101 cm³/mol. The zero-order valence-electron chi connectivity index (χ0n) is 15.5. The van der Waals surface area contributed by atoms with Crippen LogP contribution < -0.4 is 15.8 Å². The number of amides is 1. The van der Waals surface area contributed by atoms with Crippen LogP contribution >= 0.6 is 0 Å². The van der Waals surface area contributed by atoms with E-state index in [2.05, 4.69) is 5.32 Å². The van der Waals surface area contributed by atoms with Gasteiger partial charge in [0, 0.05) is 6.54 Å². The number of fused-ring (bicyclic) bond motifs is 1. The number of hydrogen-bond donors (Lipinski definition) is 1. The molecule has 1 heterocycles. The Kier molecular flexibility index (Phi) is 5.78. The van der Waals surface area contributed by atoms with Crippen LogP contribution in [0.3, 0.4) is 0 Å². The van der Waals surface area contributed by atoms with Crippen molar-refractivity contribution in [2.24, 2.45) is 0 Å². The molecule has 28 heavy (non-hydrogen) atoms. The van der Waals surface area contributed by atoms with Crippen LogP contribution in [0.2, 0.25) is 0 Å². The number of hydrogen-bond acceptors (Lipinski definition) is 6. The van der Waals surface area contributed by atoms with E-state index in [0.29, 0.717) is 11.1 Å². The average Bonchev–Trinajstić information content (AvgIpc) is 3.01. The van der Waals surface area contributed by atoms with Gasteiger partial charge in [0.25, 0.3) is 5.91 Å². The zero-order chi connectivity index (χ0) is 20.1. The average molecular weight is 384 g/mol. The quantitative estimate of drug-likeness (QED) is 0.624. The monoisotopic (exact) mass is 384 g/mol. The maximum absolute atomic E-state index is 12.2. The van der Waals surface area contributed by atoms with Crippen molar-refractivity contribution in [3.05, 3.63) is 64.6 Å². The molecule has 0 radical (unpaired) electrons. The largest absolute Gasteiger partial charge is 0.497 e. The smallest absolute Gasteiger partial charge is 0.420 e. The van der Waals surface area contributed by atoms with Gasteiger partial charge in [0.05, 0.1) is 12.6 Å². The Morgan fingerprint density at radius 3 is 2.57 bits per heavy atom. The third-order valence-corrected chi connectivity index (χ3v) is 4.16. The van der Waals surface area contributed by atoms with E-state index in [1.54, 1.807) is 43.5 Å². The van der Waals surface area contributed by atoms with E-state index in [1.165, 1.54) is 11.5 Å². The van der Waals surface area contributed by atoms with Gasteiger partial charge in [0.2, 0.25) is 0 Å². The Morgan fingerprint density at radius 2 is 1.86 bits per heavy atom. The number of para-hydroxylation sites is 2. The van der Waals surface area contributed by atoms with Gasteiger partial charge in [-0.05, 0) is 36.8 Å². The van der Waals surface area contributed by atoms with E-state index >= 15 is 0 Å². The molecule has 0 aliphatic heterocycles. The van der Waals surface area contributed by atoms with Gasteiger partial charge in [-0.25, -0.2) is 4.79 Å². The Labute approximate surface area is 160 Å². The summed E-state index contributed by atoms with van der Waals surface area (Å²) in [7, 11) is 1.58. The fourth-order valence-corrected chi connectivity index (χ4v) is 2.66. The first kappa shape index (κ1) is 19.2. The minimum atomic E-state index is -1.00. The molecule has 8 heteroatoms. The van der Waals surface area contributed by atoms with Crippen molar-refractivity contribution < 1.29 is 23.5 Å². The summed E-state index contributed by atoms with van der Waals surface area (Å²) in [6, 6.07) is 14.0. The second-order valence-electron chi connectivity index (χ2n) is 6.12. The third kappa shape index (κ3) is 4.40. The molecular formula is C20H20N2O6. The molecule has 0 saturated heterocycles. The second kappa shape index (κ2) is 8.43. The fraction of sp³-hybridized carbons (Fsp3) is 0.250. The normalized spacial score (nSPS) is 11.8. The van der Waals surface area contributed by atoms with Crippen LogP contribution in [0.25, 0.3) is 11.1 Å². The van der Waals surface area contributed by atoms with Crippen LogP contribution in [0, 0.1) is 0 Å². The van der Waals surface area contributed by atoms with Crippen molar-refractivity contribution in [1.82, 2.24) is 9.88 Å². The number of oxazole rings is 1. The third-order valence-electron chi connectivity index (χ3n) is 4.16. The molecule has 1 aromatic heterocycles. The van der Waals surface area contributed by atoms with Gasteiger partial charge in [0.1, 0.15) is 12.3 Å². The summed E-state index contributed by atoms with van der Waals surface area (Å²) in [5.74, 6) is -1.08. The topological polar surface area (TPSA) is 99.8 Å². The highest BCUT2D eigenvalue weighted by molar-refractivity contribution is 5.83. The molecule has 0 bridgehead atoms. The fourth-order valence-electron chi connectivity index (χ4n) is 2.66. The molecule has 2 aromatic carbocycles. The predicted octanol–water partition coefficient (Wildman–Crippen LogP) is 1.85. The molecule has 1 atom stereocenters. The van der Waals surface area contributed by atoms with E-state index in [-0.39, 0.29) is 13.1 Å². The molecule has 1 N–H and O–H groups in total. The standard InChI is InChI=1S/C20H20N2O6/c1-13(19(24)21-11-14-7-9-15(26-2)10-8-14)27-18(23)12-22-16-5-3-4-6-17(16)28-20(22)25/h3-10,13H,11-12H2,1-2H3,(H,21,24)/t13-/m1/s1. The van der Waals surface area contributed by atoms with Crippen LogP contribution in [0.1, 0.15) is 12.5 Å². The molecule has 0 aliphatic carbocycles. The Bertz CT molecular complexity index is 1030. The van der Waals surface area contributed by atoms with Crippen molar-refractivity contribution in [2.75, 3.05) is 7.11 Å². The lowest BCUT2D eigenvalue weighted by molar-refractivity contribution is -0.155. The maximum Gasteiger partial charge on any atom is 0.420 e. The molecule has 0 spiro atoms. The van der Waals surface area contributed by atoms with Crippen molar-refractivity contribution in [3.63, 3.8) is 0 Å². The number of rotatable bonds is 7. The lowest BCUT2D eigenvalue weighted by Crippen LogP contribution is -2.36. The van der Waals surface area contributed by atoms with Crippen molar-refractivity contribution in [2.45, 2.75) is 26.1 Å². The Balaban J connectivity index is 1.55.